The van der Waals surface area contributed by atoms with Crippen molar-refractivity contribution < 1.29 is 28.5 Å². The maximum absolute atomic E-state index is 13.3. The van der Waals surface area contributed by atoms with Gasteiger partial charge in [-0.3, -0.25) is 9.59 Å². The normalized spacial score (nSPS) is 16.1. The van der Waals surface area contributed by atoms with Gasteiger partial charge in [-0.05, 0) is 35.4 Å². The van der Waals surface area contributed by atoms with Crippen LogP contribution in [-0.2, 0) is 25.7 Å². The van der Waals surface area contributed by atoms with Gasteiger partial charge in [0, 0.05) is 51.9 Å². The molecule has 1 saturated heterocycles. The van der Waals surface area contributed by atoms with Gasteiger partial charge in [-0.25, -0.2) is 0 Å². The lowest BCUT2D eigenvalue weighted by Crippen LogP contribution is -2.48. The van der Waals surface area contributed by atoms with Crippen molar-refractivity contribution in [2.75, 3.05) is 7.11 Å². The van der Waals surface area contributed by atoms with E-state index in [1.807, 2.05) is 42.5 Å². The van der Waals surface area contributed by atoms with Crippen molar-refractivity contribution in [3.05, 3.63) is 93.0 Å². The zero-order chi connectivity index (χ0) is 27.0. The molecule has 5 rings (SSSR count). The average Bonchev–Trinajstić information content (AvgIpc) is 3.29. The summed E-state index contributed by atoms with van der Waals surface area (Å²) < 4.78 is 23.4. The molecule has 9 heteroatoms. The molecule has 2 heterocycles. The molecule has 1 aliphatic heterocycles. The van der Waals surface area contributed by atoms with Crippen molar-refractivity contribution in [2.45, 2.75) is 32.2 Å². The van der Waals surface area contributed by atoms with E-state index in [9.17, 15) is 9.59 Å². The van der Waals surface area contributed by atoms with Gasteiger partial charge >= 0.3 is 11.9 Å². The maximum atomic E-state index is 13.3. The number of carbonyl (C=O) groups excluding carboxylic acids is 2. The van der Waals surface area contributed by atoms with Crippen molar-refractivity contribution in [3.63, 3.8) is 0 Å². The van der Waals surface area contributed by atoms with Gasteiger partial charge in [-0.15, -0.1) is 0 Å². The number of fused-ring (bicyclic) bond motifs is 1. The van der Waals surface area contributed by atoms with Crippen molar-refractivity contribution in [1.29, 1.82) is 0 Å². The summed E-state index contributed by atoms with van der Waals surface area (Å²) in [5, 5.41) is 1.46. The summed E-state index contributed by atoms with van der Waals surface area (Å²) in [6.07, 6.45) is 1.80. The Kier molecular flexibility index (Phi) is 7.11. The van der Waals surface area contributed by atoms with Crippen molar-refractivity contribution >= 4 is 50.4 Å². The lowest BCUT2D eigenvalue weighted by Gasteiger charge is -2.36. The third-order valence-electron chi connectivity index (χ3n) is 6.45. The minimum Gasteiger partial charge on any atom is -0.493 e. The smallest absolute Gasteiger partial charge is 0.324 e. The first kappa shape index (κ1) is 26.1. The molecule has 1 atom stereocenters. The van der Waals surface area contributed by atoms with Crippen LogP contribution in [0.2, 0.25) is 5.02 Å². The number of rotatable bonds is 7. The van der Waals surface area contributed by atoms with E-state index < -0.39 is 29.6 Å². The number of nitrogens with one attached hydrogen (secondary N) is 1. The Bertz CT molecular complexity index is 1510. The monoisotopic (exact) mass is 597 g/mol. The number of hydrogen-bond donors (Lipinski definition) is 1. The highest BCUT2D eigenvalue weighted by atomic mass is 79.9. The Labute approximate surface area is 233 Å². The van der Waals surface area contributed by atoms with Crippen LogP contribution < -0.4 is 9.47 Å². The molecular weight excluding hydrogens is 574 g/mol. The summed E-state index contributed by atoms with van der Waals surface area (Å²) in [7, 11) is 1.53. The number of benzene rings is 3. The third kappa shape index (κ3) is 4.98. The van der Waals surface area contributed by atoms with Gasteiger partial charge in [0.1, 0.15) is 6.61 Å². The molecule has 0 spiro atoms. The molecule has 0 aliphatic carbocycles. The van der Waals surface area contributed by atoms with Gasteiger partial charge in [0.25, 0.3) is 5.79 Å². The molecule has 7 nitrogen and oxygen atoms in total. The number of H-pyrrole nitrogens is 1. The van der Waals surface area contributed by atoms with Crippen LogP contribution in [0, 0.1) is 5.92 Å². The molecule has 4 aromatic rings. The van der Waals surface area contributed by atoms with E-state index in [-0.39, 0.29) is 6.61 Å². The third-order valence-corrected chi connectivity index (χ3v) is 7.50. The van der Waals surface area contributed by atoms with Crippen molar-refractivity contribution in [2.24, 2.45) is 5.92 Å². The summed E-state index contributed by atoms with van der Waals surface area (Å²) >= 11 is 9.94. The molecule has 38 heavy (non-hydrogen) atoms. The van der Waals surface area contributed by atoms with E-state index in [0.29, 0.717) is 26.6 Å². The Morgan fingerprint density at radius 1 is 1.00 bits per heavy atom. The second kappa shape index (κ2) is 10.3. The fourth-order valence-electron chi connectivity index (χ4n) is 4.71. The summed E-state index contributed by atoms with van der Waals surface area (Å²) in [4.78, 5) is 29.8. The number of cyclic esters (lactones) is 2. The van der Waals surface area contributed by atoms with Crippen LogP contribution >= 0.6 is 27.5 Å². The number of esters is 2. The standard InChI is InChI=1S/C29H25BrClNO6/c1-29(2)37-27(33)26(28(34)38-29)25(19-14-32-22-11-7-5-9-17(19)22)18-12-23(35-3)24(13-20(18)30)36-15-16-8-4-6-10-21(16)31/h4-14,25-26,32H,15H2,1-3H3/t25-/m0/s1. The first-order valence-electron chi connectivity index (χ1n) is 11.9. The number of aromatic nitrogens is 1. The van der Waals surface area contributed by atoms with Crippen LogP contribution in [-0.4, -0.2) is 29.8 Å². The van der Waals surface area contributed by atoms with E-state index in [4.69, 9.17) is 30.5 Å². The summed E-state index contributed by atoms with van der Waals surface area (Å²) in [6.45, 7) is 3.29. The van der Waals surface area contributed by atoms with Crippen LogP contribution in [0.4, 0.5) is 0 Å². The van der Waals surface area contributed by atoms with Crippen molar-refractivity contribution in [1.82, 2.24) is 4.98 Å². The lowest BCUT2D eigenvalue weighted by molar-refractivity contribution is -0.240. The number of ether oxygens (including phenoxy) is 4. The highest BCUT2D eigenvalue weighted by Gasteiger charge is 2.49. The summed E-state index contributed by atoms with van der Waals surface area (Å²) in [5.74, 6) is -3.76. The zero-order valence-corrected chi connectivity index (χ0v) is 23.3. The van der Waals surface area contributed by atoms with E-state index >= 15 is 0 Å². The molecule has 3 aromatic carbocycles. The quantitative estimate of drug-likeness (QED) is 0.187. The molecule has 1 aliphatic rings. The van der Waals surface area contributed by atoms with Crippen LogP contribution in [0.15, 0.2) is 71.3 Å². The molecule has 0 amide bonds. The SMILES string of the molecule is COc1cc([C@@H](c2c[nH]c3ccccc23)C2C(=O)OC(C)(C)OC2=O)c(Br)cc1OCc1ccccc1Cl. The van der Waals surface area contributed by atoms with E-state index in [1.165, 1.54) is 21.0 Å². The first-order chi connectivity index (χ1) is 18.2. The molecule has 1 N–H and O–H groups in total. The van der Waals surface area contributed by atoms with Crippen LogP contribution in [0.1, 0.15) is 36.5 Å². The minimum absolute atomic E-state index is 0.226. The Hall–Kier alpha value is -3.49. The molecule has 0 bridgehead atoms. The van der Waals surface area contributed by atoms with Gasteiger partial charge in [0.15, 0.2) is 17.4 Å². The molecule has 1 aromatic heterocycles. The largest absolute Gasteiger partial charge is 0.493 e. The number of para-hydroxylation sites is 1. The van der Waals surface area contributed by atoms with Gasteiger partial charge in [-0.2, -0.15) is 0 Å². The minimum atomic E-state index is -1.35. The topological polar surface area (TPSA) is 86.9 Å². The predicted octanol–water partition coefficient (Wildman–Crippen LogP) is 6.76. The van der Waals surface area contributed by atoms with Crippen LogP contribution in [0.5, 0.6) is 11.5 Å². The number of halogens is 2. The zero-order valence-electron chi connectivity index (χ0n) is 20.9. The Balaban J connectivity index is 1.60. The fourth-order valence-corrected chi connectivity index (χ4v) is 5.47. The highest BCUT2D eigenvalue weighted by molar-refractivity contribution is 9.10. The number of hydrogen-bond acceptors (Lipinski definition) is 6. The van der Waals surface area contributed by atoms with E-state index in [2.05, 4.69) is 20.9 Å². The summed E-state index contributed by atoms with van der Waals surface area (Å²) in [5.41, 5.74) is 3.07. The molecular formula is C29H25BrClNO6. The number of methoxy groups -OCH3 is 1. The van der Waals surface area contributed by atoms with Crippen LogP contribution in [0.25, 0.3) is 10.9 Å². The molecule has 0 radical (unpaired) electrons. The maximum Gasteiger partial charge on any atom is 0.324 e. The predicted molar refractivity (Wildman–Crippen MR) is 146 cm³/mol. The van der Waals surface area contributed by atoms with Gasteiger partial charge in [0.2, 0.25) is 0 Å². The Morgan fingerprint density at radius 2 is 1.68 bits per heavy atom. The molecule has 1 fully saturated rings. The fraction of sp³-hybridized carbons (Fsp3) is 0.241. The summed E-state index contributed by atoms with van der Waals surface area (Å²) in [6, 6.07) is 18.6. The van der Waals surface area contributed by atoms with Gasteiger partial charge in [-0.1, -0.05) is 63.9 Å². The second-order valence-corrected chi connectivity index (χ2v) is 10.7. The molecule has 0 saturated carbocycles. The van der Waals surface area contributed by atoms with Gasteiger partial charge < -0.3 is 23.9 Å². The lowest BCUT2D eigenvalue weighted by atomic mass is 9.79. The Morgan fingerprint density at radius 3 is 2.39 bits per heavy atom. The first-order valence-corrected chi connectivity index (χ1v) is 13.1. The van der Waals surface area contributed by atoms with E-state index in [0.717, 1.165) is 22.0 Å². The highest BCUT2D eigenvalue weighted by Crippen LogP contribution is 2.46. The molecule has 196 valence electrons. The second-order valence-electron chi connectivity index (χ2n) is 9.39. The van der Waals surface area contributed by atoms with E-state index in [1.54, 1.807) is 24.4 Å². The number of carbonyl (C=O) groups is 2. The van der Waals surface area contributed by atoms with Gasteiger partial charge in [0.05, 0.1) is 7.11 Å². The average molecular weight is 599 g/mol. The molecule has 0 unspecified atom stereocenters. The number of aromatic amines is 1. The van der Waals surface area contributed by atoms with Crippen molar-refractivity contribution in [3.8, 4) is 11.5 Å². The van der Waals surface area contributed by atoms with Crippen LogP contribution in [0.3, 0.4) is 0 Å².